The summed E-state index contributed by atoms with van der Waals surface area (Å²) in [7, 11) is 3.31. The van der Waals surface area contributed by atoms with Gasteiger partial charge in [0.25, 0.3) is 0 Å². The van der Waals surface area contributed by atoms with Crippen LogP contribution in [0.4, 0.5) is 5.69 Å². The second-order valence-electron chi connectivity index (χ2n) is 4.53. The van der Waals surface area contributed by atoms with Crippen molar-refractivity contribution < 1.29 is 9.47 Å². The Labute approximate surface area is 119 Å². The summed E-state index contributed by atoms with van der Waals surface area (Å²) in [6.07, 6.45) is 5.02. The summed E-state index contributed by atoms with van der Waals surface area (Å²) < 4.78 is 12.5. The molecule has 2 aromatic rings. The predicted octanol–water partition coefficient (Wildman–Crippen LogP) is 2.92. The highest BCUT2D eigenvalue weighted by Gasteiger charge is 2.05. The highest BCUT2D eigenvalue weighted by atomic mass is 16.5. The van der Waals surface area contributed by atoms with Gasteiger partial charge >= 0.3 is 0 Å². The van der Waals surface area contributed by atoms with Crippen molar-refractivity contribution in [1.82, 2.24) is 9.78 Å². The van der Waals surface area contributed by atoms with E-state index < -0.39 is 0 Å². The van der Waals surface area contributed by atoms with Crippen molar-refractivity contribution in [2.24, 2.45) is 0 Å². The van der Waals surface area contributed by atoms with Gasteiger partial charge in [-0.05, 0) is 18.6 Å². The summed E-state index contributed by atoms with van der Waals surface area (Å²) >= 11 is 0. The Balaban J connectivity index is 2.05. The van der Waals surface area contributed by atoms with Gasteiger partial charge in [0.1, 0.15) is 11.5 Å². The fourth-order valence-electron chi connectivity index (χ4n) is 2.00. The number of ether oxygens (including phenoxy) is 2. The molecule has 5 nitrogen and oxygen atoms in total. The van der Waals surface area contributed by atoms with E-state index >= 15 is 0 Å². The van der Waals surface area contributed by atoms with Crippen LogP contribution in [0, 0.1) is 0 Å². The molecule has 20 heavy (non-hydrogen) atoms. The normalized spacial score (nSPS) is 10.3. The van der Waals surface area contributed by atoms with E-state index in [4.69, 9.17) is 9.47 Å². The maximum Gasteiger partial charge on any atom is 0.142 e. The van der Waals surface area contributed by atoms with Gasteiger partial charge in [0.05, 0.1) is 26.1 Å². The first-order valence-corrected chi connectivity index (χ1v) is 6.74. The smallest absolute Gasteiger partial charge is 0.142 e. The van der Waals surface area contributed by atoms with E-state index in [0.717, 1.165) is 35.7 Å². The van der Waals surface area contributed by atoms with E-state index in [1.54, 1.807) is 14.2 Å². The lowest BCUT2D eigenvalue weighted by molar-refractivity contribution is 0.404. The molecule has 108 valence electrons. The monoisotopic (exact) mass is 275 g/mol. The largest absolute Gasteiger partial charge is 0.497 e. The van der Waals surface area contributed by atoms with Crippen LogP contribution in [0.1, 0.15) is 18.9 Å². The molecule has 0 saturated carbocycles. The van der Waals surface area contributed by atoms with Crippen LogP contribution in [0.25, 0.3) is 0 Å². The first kappa shape index (κ1) is 14.2. The molecule has 0 aliphatic rings. The third-order valence-electron chi connectivity index (χ3n) is 3.03. The summed E-state index contributed by atoms with van der Waals surface area (Å²) in [6, 6.07) is 5.69. The quantitative estimate of drug-likeness (QED) is 0.844. The average molecular weight is 275 g/mol. The van der Waals surface area contributed by atoms with Gasteiger partial charge in [-0.3, -0.25) is 4.68 Å². The van der Waals surface area contributed by atoms with Crippen molar-refractivity contribution in [2.45, 2.75) is 26.4 Å². The Morgan fingerprint density at radius 3 is 2.80 bits per heavy atom. The number of hydrogen-bond acceptors (Lipinski definition) is 4. The fraction of sp³-hybridized carbons (Fsp3) is 0.400. The number of nitrogens with zero attached hydrogens (tertiary/aromatic N) is 2. The fourth-order valence-corrected chi connectivity index (χ4v) is 2.00. The van der Waals surface area contributed by atoms with Gasteiger partial charge < -0.3 is 14.8 Å². The van der Waals surface area contributed by atoms with E-state index in [0.29, 0.717) is 6.54 Å². The lowest BCUT2D eigenvalue weighted by atomic mass is 10.2. The molecule has 0 saturated heterocycles. The second kappa shape index (κ2) is 6.84. The van der Waals surface area contributed by atoms with E-state index in [1.807, 2.05) is 29.1 Å². The molecule has 1 N–H and O–H groups in total. The predicted molar refractivity (Wildman–Crippen MR) is 79.4 cm³/mol. The topological polar surface area (TPSA) is 48.3 Å². The molecule has 0 radical (unpaired) electrons. The molecule has 0 spiro atoms. The van der Waals surface area contributed by atoms with Gasteiger partial charge in [-0.1, -0.05) is 6.92 Å². The maximum atomic E-state index is 5.34. The van der Waals surface area contributed by atoms with E-state index in [9.17, 15) is 0 Å². The number of aryl methyl sites for hydroxylation is 1. The lowest BCUT2D eigenvalue weighted by Gasteiger charge is -2.11. The third-order valence-corrected chi connectivity index (χ3v) is 3.03. The van der Waals surface area contributed by atoms with E-state index in [2.05, 4.69) is 23.5 Å². The highest BCUT2D eigenvalue weighted by molar-refractivity contribution is 5.59. The van der Waals surface area contributed by atoms with Crippen molar-refractivity contribution in [3.05, 3.63) is 36.2 Å². The molecular weight excluding hydrogens is 254 g/mol. The summed E-state index contributed by atoms with van der Waals surface area (Å²) in [5, 5.41) is 7.67. The van der Waals surface area contributed by atoms with Crippen LogP contribution in [-0.2, 0) is 13.1 Å². The van der Waals surface area contributed by atoms with Crippen molar-refractivity contribution in [3.63, 3.8) is 0 Å². The molecule has 0 aliphatic carbocycles. The first-order valence-electron chi connectivity index (χ1n) is 6.74. The first-order chi connectivity index (χ1) is 9.76. The third kappa shape index (κ3) is 3.44. The van der Waals surface area contributed by atoms with Crippen LogP contribution in [0.3, 0.4) is 0 Å². The van der Waals surface area contributed by atoms with Gasteiger partial charge in [-0.2, -0.15) is 5.10 Å². The molecule has 0 bridgehead atoms. The standard InChI is InChI=1S/C15H21N3O2/c1-4-7-18-11-12(10-17-18)9-16-14-8-13(19-2)5-6-15(14)20-3/h5-6,8,10-11,16H,4,7,9H2,1-3H3. The number of rotatable bonds is 7. The SMILES string of the molecule is CCCn1cc(CNc2cc(OC)ccc2OC)cn1. The Morgan fingerprint density at radius 2 is 2.10 bits per heavy atom. The average Bonchev–Trinajstić information content (AvgIpc) is 2.93. The van der Waals surface area contributed by atoms with Crippen molar-refractivity contribution >= 4 is 5.69 Å². The minimum Gasteiger partial charge on any atom is -0.497 e. The Morgan fingerprint density at radius 1 is 1.25 bits per heavy atom. The van der Waals surface area contributed by atoms with Crippen LogP contribution in [-0.4, -0.2) is 24.0 Å². The summed E-state index contributed by atoms with van der Waals surface area (Å²) in [6.45, 7) is 3.79. The van der Waals surface area contributed by atoms with Crippen molar-refractivity contribution in [3.8, 4) is 11.5 Å². The zero-order valence-corrected chi connectivity index (χ0v) is 12.2. The molecule has 0 atom stereocenters. The number of hydrogen-bond donors (Lipinski definition) is 1. The van der Waals surface area contributed by atoms with Crippen molar-refractivity contribution in [1.29, 1.82) is 0 Å². The van der Waals surface area contributed by atoms with Crippen molar-refractivity contribution in [2.75, 3.05) is 19.5 Å². The van der Waals surface area contributed by atoms with Crippen LogP contribution < -0.4 is 14.8 Å². The van der Waals surface area contributed by atoms with Crippen LogP contribution >= 0.6 is 0 Å². The van der Waals surface area contributed by atoms with Gasteiger partial charge in [-0.15, -0.1) is 0 Å². The molecule has 1 aromatic carbocycles. The zero-order chi connectivity index (χ0) is 14.4. The number of benzene rings is 1. The number of methoxy groups -OCH3 is 2. The number of nitrogens with one attached hydrogen (secondary N) is 1. The van der Waals surface area contributed by atoms with Gasteiger partial charge in [0.2, 0.25) is 0 Å². The van der Waals surface area contributed by atoms with E-state index in [-0.39, 0.29) is 0 Å². The molecule has 0 unspecified atom stereocenters. The highest BCUT2D eigenvalue weighted by Crippen LogP contribution is 2.29. The van der Waals surface area contributed by atoms with Crippen LogP contribution in [0.2, 0.25) is 0 Å². The minimum absolute atomic E-state index is 0.702. The molecule has 0 amide bonds. The number of anilines is 1. The zero-order valence-electron chi connectivity index (χ0n) is 12.2. The summed E-state index contributed by atoms with van der Waals surface area (Å²) in [4.78, 5) is 0. The van der Waals surface area contributed by atoms with Crippen LogP contribution in [0.5, 0.6) is 11.5 Å². The molecule has 2 rings (SSSR count). The van der Waals surface area contributed by atoms with Gasteiger partial charge in [0, 0.05) is 30.9 Å². The summed E-state index contributed by atoms with van der Waals surface area (Å²) in [5.74, 6) is 1.60. The molecule has 0 aliphatic heterocycles. The molecule has 1 heterocycles. The Bertz CT molecular complexity index is 552. The molecule has 0 fully saturated rings. The second-order valence-corrected chi connectivity index (χ2v) is 4.53. The lowest BCUT2D eigenvalue weighted by Crippen LogP contribution is -2.01. The Hall–Kier alpha value is -2.17. The van der Waals surface area contributed by atoms with Crippen LogP contribution in [0.15, 0.2) is 30.6 Å². The van der Waals surface area contributed by atoms with Gasteiger partial charge in [-0.25, -0.2) is 0 Å². The number of aromatic nitrogens is 2. The minimum atomic E-state index is 0.702. The molecule has 1 aromatic heterocycles. The van der Waals surface area contributed by atoms with E-state index in [1.165, 1.54) is 0 Å². The molecular formula is C15H21N3O2. The molecule has 5 heteroatoms. The van der Waals surface area contributed by atoms with Gasteiger partial charge in [0.15, 0.2) is 0 Å². The summed E-state index contributed by atoms with van der Waals surface area (Å²) in [5.41, 5.74) is 2.05. The maximum absolute atomic E-state index is 5.34. The Kier molecular flexibility index (Phi) is 4.87.